The van der Waals surface area contributed by atoms with Crippen LogP contribution in [0.4, 0.5) is 0 Å². The number of nitrogens with zero attached hydrogens (tertiary/aromatic N) is 1. The summed E-state index contributed by atoms with van der Waals surface area (Å²) in [6, 6.07) is 0. The van der Waals surface area contributed by atoms with Crippen molar-refractivity contribution in [1.29, 1.82) is 0 Å². The second-order valence-corrected chi connectivity index (χ2v) is 6.04. The van der Waals surface area contributed by atoms with Crippen molar-refractivity contribution < 1.29 is 0 Å². The molecule has 3 unspecified atom stereocenters. The van der Waals surface area contributed by atoms with Crippen molar-refractivity contribution in [2.75, 3.05) is 19.6 Å². The lowest BCUT2D eigenvalue weighted by Gasteiger charge is -2.28. The molecule has 2 fully saturated rings. The molecular weight excluding hydrogens is 249 g/mol. The van der Waals surface area contributed by atoms with Crippen molar-refractivity contribution in [3.63, 3.8) is 0 Å². The van der Waals surface area contributed by atoms with Gasteiger partial charge in [-0.25, -0.2) is 0 Å². The first kappa shape index (κ1) is 10.0. The molecule has 1 heterocycles. The van der Waals surface area contributed by atoms with Gasteiger partial charge in [0.05, 0.1) is 0 Å². The first-order chi connectivity index (χ1) is 6.04. The van der Waals surface area contributed by atoms with Crippen LogP contribution in [0.1, 0.15) is 13.3 Å². The van der Waals surface area contributed by atoms with E-state index in [4.69, 9.17) is 11.6 Å². The minimum atomic E-state index is 0.574. The molecule has 2 rings (SSSR count). The fourth-order valence-corrected chi connectivity index (χ4v) is 3.73. The Morgan fingerprint density at radius 2 is 2.46 bits per heavy atom. The zero-order chi connectivity index (χ0) is 9.64. The maximum absolute atomic E-state index is 5.80. The van der Waals surface area contributed by atoms with Crippen molar-refractivity contribution >= 4 is 27.5 Å². The predicted molar refractivity (Wildman–Crippen MR) is 60.4 cm³/mol. The number of likely N-dealkylation sites (tertiary alicyclic amines) is 1. The lowest BCUT2D eigenvalue weighted by Crippen LogP contribution is -2.34. The zero-order valence-corrected chi connectivity index (χ0v) is 10.2. The van der Waals surface area contributed by atoms with Gasteiger partial charge in [-0.05, 0) is 24.3 Å². The van der Waals surface area contributed by atoms with E-state index in [1.165, 1.54) is 19.5 Å². The van der Waals surface area contributed by atoms with Gasteiger partial charge in [-0.2, -0.15) is 0 Å². The van der Waals surface area contributed by atoms with Gasteiger partial charge in [-0.1, -0.05) is 41.0 Å². The Hall–Kier alpha value is 0.470. The summed E-state index contributed by atoms with van der Waals surface area (Å²) in [6.07, 6.45) is 1.29. The molecule has 2 aliphatic rings. The molecule has 0 N–H and O–H groups in total. The van der Waals surface area contributed by atoms with Crippen LogP contribution in [0.5, 0.6) is 0 Å². The molecule has 1 saturated heterocycles. The maximum atomic E-state index is 5.80. The van der Waals surface area contributed by atoms with E-state index in [0.29, 0.717) is 5.41 Å². The van der Waals surface area contributed by atoms with Crippen LogP contribution < -0.4 is 0 Å². The van der Waals surface area contributed by atoms with Crippen LogP contribution in [-0.2, 0) is 0 Å². The van der Waals surface area contributed by atoms with Crippen molar-refractivity contribution in [3.8, 4) is 0 Å². The first-order valence-corrected chi connectivity index (χ1v) is 6.03. The summed E-state index contributed by atoms with van der Waals surface area (Å²) in [5.74, 6) is 0.831. The molecule has 0 aromatic carbocycles. The third-order valence-electron chi connectivity index (χ3n) is 3.54. The van der Waals surface area contributed by atoms with Gasteiger partial charge in [-0.15, -0.1) is 0 Å². The van der Waals surface area contributed by atoms with Crippen molar-refractivity contribution in [2.24, 2.45) is 11.3 Å². The molecule has 0 radical (unpaired) electrons. The van der Waals surface area contributed by atoms with Gasteiger partial charge in [0.15, 0.2) is 0 Å². The largest absolute Gasteiger partial charge is 0.298 e. The summed E-state index contributed by atoms with van der Waals surface area (Å²) in [6.45, 7) is 9.32. The number of piperidine rings is 1. The number of alkyl halides is 1. The van der Waals surface area contributed by atoms with Gasteiger partial charge >= 0.3 is 0 Å². The Balaban J connectivity index is 1.91. The molecule has 1 aliphatic carbocycles. The molecular formula is C10H15BrClN. The van der Waals surface area contributed by atoms with E-state index in [1.807, 2.05) is 0 Å². The third kappa shape index (κ3) is 1.69. The Morgan fingerprint density at radius 3 is 3.00 bits per heavy atom. The van der Waals surface area contributed by atoms with Gasteiger partial charge in [0.25, 0.3) is 0 Å². The third-order valence-corrected chi connectivity index (χ3v) is 5.34. The highest BCUT2D eigenvalue weighted by molar-refractivity contribution is 9.09. The topological polar surface area (TPSA) is 3.24 Å². The van der Waals surface area contributed by atoms with E-state index in [2.05, 4.69) is 34.3 Å². The highest BCUT2D eigenvalue weighted by atomic mass is 79.9. The van der Waals surface area contributed by atoms with Crippen molar-refractivity contribution in [3.05, 3.63) is 11.6 Å². The minimum absolute atomic E-state index is 0.574. The molecule has 0 bridgehead atoms. The van der Waals surface area contributed by atoms with Crippen molar-refractivity contribution in [2.45, 2.75) is 18.2 Å². The highest BCUT2D eigenvalue weighted by Gasteiger charge is 2.61. The Labute approximate surface area is 93.3 Å². The van der Waals surface area contributed by atoms with Crippen LogP contribution in [0, 0.1) is 11.3 Å². The Morgan fingerprint density at radius 1 is 1.77 bits per heavy atom. The lowest BCUT2D eigenvalue weighted by atomic mass is 9.98. The van der Waals surface area contributed by atoms with Gasteiger partial charge in [-0.3, -0.25) is 4.90 Å². The first-order valence-electron chi connectivity index (χ1n) is 4.74. The Kier molecular flexibility index (Phi) is 2.50. The number of halogens is 2. The monoisotopic (exact) mass is 263 g/mol. The van der Waals surface area contributed by atoms with Crippen molar-refractivity contribution in [1.82, 2.24) is 4.90 Å². The van der Waals surface area contributed by atoms with E-state index >= 15 is 0 Å². The quantitative estimate of drug-likeness (QED) is 0.693. The normalized spacial score (nSPS) is 44.2. The SMILES string of the molecule is C=C(Cl)CN1CCC2(C)C(Br)C2C1. The zero-order valence-electron chi connectivity index (χ0n) is 7.89. The molecule has 1 aliphatic heterocycles. The number of rotatable bonds is 2. The van der Waals surface area contributed by atoms with Gasteiger partial charge in [0.2, 0.25) is 0 Å². The van der Waals surface area contributed by atoms with Gasteiger partial charge in [0, 0.05) is 22.9 Å². The van der Waals surface area contributed by atoms with Crippen LogP contribution >= 0.6 is 27.5 Å². The molecule has 3 atom stereocenters. The van der Waals surface area contributed by atoms with E-state index in [9.17, 15) is 0 Å². The van der Waals surface area contributed by atoms with E-state index in [-0.39, 0.29) is 0 Å². The second-order valence-electron chi connectivity index (χ2n) is 4.52. The smallest absolute Gasteiger partial charge is 0.0335 e. The van der Waals surface area contributed by atoms with Crippen LogP contribution in [0.2, 0.25) is 0 Å². The predicted octanol–water partition coefficient (Wildman–Crippen LogP) is 2.84. The minimum Gasteiger partial charge on any atom is -0.298 e. The fourth-order valence-electron chi connectivity index (χ4n) is 2.38. The van der Waals surface area contributed by atoms with Gasteiger partial charge < -0.3 is 0 Å². The van der Waals surface area contributed by atoms with Crippen LogP contribution in [0.25, 0.3) is 0 Å². The number of hydrogen-bond donors (Lipinski definition) is 0. The van der Waals surface area contributed by atoms with E-state index in [0.717, 1.165) is 22.3 Å². The fraction of sp³-hybridized carbons (Fsp3) is 0.800. The van der Waals surface area contributed by atoms with Gasteiger partial charge in [0.1, 0.15) is 0 Å². The molecule has 1 saturated carbocycles. The molecule has 0 aromatic rings. The van der Waals surface area contributed by atoms with Crippen LogP contribution in [0.3, 0.4) is 0 Å². The summed E-state index contributed by atoms with van der Waals surface area (Å²) in [7, 11) is 0. The van der Waals surface area contributed by atoms with E-state index in [1.54, 1.807) is 0 Å². The van der Waals surface area contributed by atoms with E-state index < -0.39 is 0 Å². The highest BCUT2D eigenvalue weighted by Crippen LogP contribution is 2.61. The summed E-state index contributed by atoms with van der Waals surface area (Å²) in [4.78, 5) is 3.14. The number of fused-ring (bicyclic) bond motifs is 1. The molecule has 0 amide bonds. The summed E-state index contributed by atoms with van der Waals surface area (Å²) < 4.78 is 0. The summed E-state index contributed by atoms with van der Waals surface area (Å²) >= 11 is 9.54. The summed E-state index contributed by atoms with van der Waals surface area (Å²) in [5.41, 5.74) is 0.574. The second kappa shape index (κ2) is 3.25. The van der Waals surface area contributed by atoms with Crippen LogP contribution in [-0.4, -0.2) is 29.4 Å². The Bertz CT molecular complexity index is 243. The average Bonchev–Trinajstić information content (AvgIpc) is 2.56. The summed E-state index contributed by atoms with van der Waals surface area (Å²) in [5, 5.41) is 0.760. The van der Waals surface area contributed by atoms with Crippen LogP contribution in [0.15, 0.2) is 11.6 Å². The molecule has 0 spiro atoms. The number of hydrogen-bond acceptors (Lipinski definition) is 1. The lowest BCUT2D eigenvalue weighted by molar-refractivity contribution is 0.202. The molecule has 3 heteroatoms. The molecule has 74 valence electrons. The standard InChI is InChI=1S/C10H15BrClN/c1-7(12)5-13-4-3-10(2)8(6-13)9(10)11/h8-9H,1,3-6H2,2H3. The average molecular weight is 265 g/mol. The molecule has 0 aromatic heterocycles. The molecule has 13 heavy (non-hydrogen) atoms. The molecule has 1 nitrogen and oxygen atoms in total. The maximum Gasteiger partial charge on any atom is 0.0335 e.